The third kappa shape index (κ3) is 3.28. The molecule has 2 aliphatic heterocycles. The van der Waals surface area contributed by atoms with Crippen LogP contribution in [0.1, 0.15) is 23.1 Å². The van der Waals surface area contributed by atoms with Gasteiger partial charge in [0.1, 0.15) is 18.4 Å². The lowest BCUT2D eigenvalue weighted by Gasteiger charge is -2.26. The van der Waals surface area contributed by atoms with E-state index in [0.717, 1.165) is 16.9 Å². The van der Waals surface area contributed by atoms with E-state index in [1.54, 1.807) is 7.11 Å². The Balaban J connectivity index is 1.59. The molecule has 0 unspecified atom stereocenters. The van der Waals surface area contributed by atoms with Crippen LogP contribution in [-0.2, 0) is 9.53 Å². The van der Waals surface area contributed by atoms with Crippen molar-refractivity contribution in [3.8, 4) is 5.75 Å². The number of ether oxygens (including phenoxy) is 2. The number of carbonyl (C=O) groups excluding carboxylic acids is 2. The van der Waals surface area contributed by atoms with E-state index in [1.807, 2.05) is 54.6 Å². The van der Waals surface area contributed by atoms with Crippen molar-refractivity contribution in [1.82, 2.24) is 10.2 Å². The standard InChI is InChI=1S/C21H22N2O4/c1-26-16-9-7-14(8-10-16)17-11-22-12-18(17)20(24)23-19(13-27-21(23)25)15-5-3-2-4-6-15/h2-10,17-19,22H,11-13H2,1H3/t17-,18+,19-/m0/s1. The number of rotatable bonds is 4. The van der Waals surface area contributed by atoms with Crippen LogP contribution in [-0.4, -0.2) is 43.7 Å². The van der Waals surface area contributed by atoms with Crippen LogP contribution in [0.25, 0.3) is 0 Å². The van der Waals surface area contributed by atoms with E-state index < -0.39 is 6.09 Å². The number of hydrogen-bond acceptors (Lipinski definition) is 5. The van der Waals surface area contributed by atoms with Gasteiger partial charge in [0.05, 0.1) is 13.0 Å². The molecule has 4 rings (SSSR count). The molecule has 0 aliphatic carbocycles. The van der Waals surface area contributed by atoms with Crippen molar-refractivity contribution in [2.45, 2.75) is 12.0 Å². The second kappa shape index (κ2) is 7.40. The van der Waals surface area contributed by atoms with E-state index in [4.69, 9.17) is 9.47 Å². The quantitative estimate of drug-likeness (QED) is 0.901. The topological polar surface area (TPSA) is 67.9 Å². The predicted molar refractivity (Wildman–Crippen MR) is 99.5 cm³/mol. The molecule has 2 amide bonds. The smallest absolute Gasteiger partial charge is 0.417 e. The summed E-state index contributed by atoms with van der Waals surface area (Å²) in [6.45, 7) is 1.43. The molecule has 1 N–H and O–H groups in total. The zero-order chi connectivity index (χ0) is 18.8. The molecule has 3 atom stereocenters. The Bertz CT molecular complexity index is 822. The van der Waals surface area contributed by atoms with Crippen molar-refractivity contribution in [3.63, 3.8) is 0 Å². The summed E-state index contributed by atoms with van der Waals surface area (Å²) in [7, 11) is 1.63. The summed E-state index contributed by atoms with van der Waals surface area (Å²) >= 11 is 0. The highest BCUT2D eigenvalue weighted by atomic mass is 16.6. The van der Waals surface area contributed by atoms with Gasteiger partial charge in [0.15, 0.2) is 0 Å². The Morgan fingerprint density at radius 3 is 2.52 bits per heavy atom. The van der Waals surface area contributed by atoms with E-state index in [1.165, 1.54) is 4.90 Å². The Morgan fingerprint density at radius 1 is 1.07 bits per heavy atom. The zero-order valence-corrected chi connectivity index (χ0v) is 15.1. The van der Waals surface area contributed by atoms with E-state index in [-0.39, 0.29) is 30.4 Å². The van der Waals surface area contributed by atoms with Crippen LogP contribution in [0.3, 0.4) is 0 Å². The van der Waals surface area contributed by atoms with Gasteiger partial charge in [-0.2, -0.15) is 0 Å². The van der Waals surface area contributed by atoms with Crippen LogP contribution in [0.5, 0.6) is 5.75 Å². The number of carbonyl (C=O) groups is 2. The fourth-order valence-electron chi connectivity index (χ4n) is 3.90. The minimum absolute atomic E-state index is 0.00762. The van der Waals surface area contributed by atoms with Crippen LogP contribution in [0.15, 0.2) is 54.6 Å². The fraction of sp³-hybridized carbons (Fsp3) is 0.333. The highest BCUT2D eigenvalue weighted by molar-refractivity contribution is 5.95. The van der Waals surface area contributed by atoms with Gasteiger partial charge in [-0.05, 0) is 23.3 Å². The third-order valence-electron chi connectivity index (χ3n) is 5.37. The van der Waals surface area contributed by atoms with Gasteiger partial charge >= 0.3 is 6.09 Å². The number of benzene rings is 2. The maximum atomic E-state index is 13.3. The molecule has 140 valence electrons. The van der Waals surface area contributed by atoms with Crippen LogP contribution >= 0.6 is 0 Å². The molecule has 27 heavy (non-hydrogen) atoms. The molecule has 0 bridgehead atoms. The Labute approximate surface area is 158 Å². The van der Waals surface area contributed by atoms with Crippen LogP contribution in [0.4, 0.5) is 4.79 Å². The normalized spacial score (nSPS) is 24.7. The van der Waals surface area contributed by atoms with Crippen molar-refractivity contribution in [1.29, 1.82) is 0 Å². The van der Waals surface area contributed by atoms with E-state index >= 15 is 0 Å². The van der Waals surface area contributed by atoms with E-state index in [9.17, 15) is 9.59 Å². The molecule has 2 aromatic rings. The second-order valence-electron chi connectivity index (χ2n) is 6.86. The van der Waals surface area contributed by atoms with Gasteiger partial charge in [0.25, 0.3) is 0 Å². The van der Waals surface area contributed by atoms with Crippen molar-refractivity contribution in [3.05, 3.63) is 65.7 Å². The van der Waals surface area contributed by atoms with Crippen molar-refractivity contribution in [2.24, 2.45) is 5.92 Å². The number of cyclic esters (lactones) is 1. The number of nitrogens with zero attached hydrogens (tertiary/aromatic N) is 1. The van der Waals surface area contributed by atoms with Gasteiger partial charge in [-0.15, -0.1) is 0 Å². The number of hydrogen-bond donors (Lipinski definition) is 1. The molecule has 0 aromatic heterocycles. The molecule has 2 fully saturated rings. The Morgan fingerprint density at radius 2 is 1.81 bits per heavy atom. The highest BCUT2D eigenvalue weighted by Crippen LogP contribution is 2.35. The first-order valence-electron chi connectivity index (χ1n) is 9.08. The predicted octanol–water partition coefficient (Wildman–Crippen LogP) is 2.72. The zero-order valence-electron chi connectivity index (χ0n) is 15.1. The number of amides is 2. The summed E-state index contributed by atoms with van der Waals surface area (Å²) < 4.78 is 10.4. The second-order valence-corrected chi connectivity index (χ2v) is 6.86. The molecule has 2 aromatic carbocycles. The maximum Gasteiger partial charge on any atom is 0.417 e. The first-order valence-corrected chi connectivity index (χ1v) is 9.08. The summed E-state index contributed by atoms with van der Waals surface area (Å²) in [6.07, 6.45) is -0.561. The average Bonchev–Trinajstić information content (AvgIpc) is 3.35. The summed E-state index contributed by atoms with van der Waals surface area (Å²) in [4.78, 5) is 26.9. The molecular formula is C21H22N2O4. The largest absolute Gasteiger partial charge is 0.497 e. The van der Waals surface area contributed by atoms with Crippen molar-refractivity contribution >= 4 is 12.0 Å². The SMILES string of the molecule is COc1ccc([C@@H]2CNC[C@H]2C(=O)N2C(=O)OC[C@H]2c2ccccc2)cc1. The first-order chi connectivity index (χ1) is 13.2. The minimum atomic E-state index is -0.561. The van der Waals surface area contributed by atoms with Gasteiger partial charge in [-0.1, -0.05) is 42.5 Å². The van der Waals surface area contributed by atoms with Crippen molar-refractivity contribution < 1.29 is 19.1 Å². The van der Waals surface area contributed by atoms with E-state index in [0.29, 0.717) is 13.1 Å². The van der Waals surface area contributed by atoms with Gasteiger partial charge in [0, 0.05) is 19.0 Å². The number of imide groups is 1. The fourth-order valence-corrected chi connectivity index (χ4v) is 3.90. The summed E-state index contributed by atoms with van der Waals surface area (Å²) in [5.41, 5.74) is 1.96. The Kier molecular flexibility index (Phi) is 4.81. The maximum absolute atomic E-state index is 13.3. The van der Waals surface area contributed by atoms with Crippen LogP contribution in [0, 0.1) is 5.92 Å². The van der Waals surface area contributed by atoms with Gasteiger partial charge in [-0.25, -0.2) is 9.69 Å². The lowest BCUT2D eigenvalue weighted by Crippen LogP contribution is -2.40. The summed E-state index contributed by atoms with van der Waals surface area (Å²) in [6, 6.07) is 16.9. The minimum Gasteiger partial charge on any atom is -0.497 e. The molecule has 2 saturated heterocycles. The lowest BCUT2D eigenvalue weighted by atomic mass is 9.87. The summed E-state index contributed by atoms with van der Waals surface area (Å²) in [5.74, 6) is 0.292. The van der Waals surface area contributed by atoms with Gasteiger partial charge in [0.2, 0.25) is 5.91 Å². The molecule has 2 aliphatic rings. The third-order valence-corrected chi connectivity index (χ3v) is 5.37. The first kappa shape index (κ1) is 17.5. The van der Waals surface area contributed by atoms with Crippen LogP contribution in [0.2, 0.25) is 0 Å². The lowest BCUT2D eigenvalue weighted by molar-refractivity contribution is -0.133. The number of nitrogens with one attached hydrogen (secondary N) is 1. The van der Waals surface area contributed by atoms with Crippen LogP contribution < -0.4 is 10.1 Å². The molecule has 6 nitrogen and oxygen atoms in total. The summed E-state index contributed by atoms with van der Waals surface area (Å²) in [5, 5.41) is 3.29. The number of methoxy groups -OCH3 is 1. The molecule has 6 heteroatoms. The highest BCUT2D eigenvalue weighted by Gasteiger charge is 2.45. The molecule has 0 saturated carbocycles. The van der Waals surface area contributed by atoms with Gasteiger partial charge in [-0.3, -0.25) is 4.79 Å². The molecular weight excluding hydrogens is 344 g/mol. The van der Waals surface area contributed by atoms with E-state index in [2.05, 4.69) is 5.32 Å². The van der Waals surface area contributed by atoms with Crippen molar-refractivity contribution in [2.75, 3.05) is 26.8 Å². The molecule has 0 spiro atoms. The molecule has 2 heterocycles. The molecule has 0 radical (unpaired) electrons. The monoisotopic (exact) mass is 366 g/mol. The Hall–Kier alpha value is -2.86. The van der Waals surface area contributed by atoms with Gasteiger partial charge < -0.3 is 14.8 Å². The average molecular weight is 366 g/mol.